The van der Waals surface area contributed by atoms with Gasteiger partial charge >= 0.3 is 0 Å². The van der Waals surface area contributed by atoms with E-state index in [1.165, 1.54) is 0 Å². The smallest absolute Gasteiger partial charge is 0.153 e. The van der Waals surface area contributed by atoms with Gasteiger partial charge in [-0.25, -0.2) is 0 Å². The van der Waals surface area contributed by atoms with Crippen molar-refractivity contribution in [2.45, 2.75) is 19.8 Å². The third-order valence-corrected chi connectivity index (χ3v) is 2.56. The molecule has 0 aliphatic heterocycles. The summed E-state index contributed by atoms with van der Waals surface area (Å²) in [5, 5.41) is 11.3. The first-order valence-electron chi connectivity index (χ1n) is 7.08. The molecule has 20 heavy (non-hydrogen) atoms. The summed E-state index contributed by atoms with van der Waals surface area (Å²) in [5.41, 5.74) is 5.39. The molecule has 3 N–H and O–H groups in total. The monoisotopic (exact) mass is 291 g/mol. The van der Waals surface area contributed by atoms with Crippen molar-refractivity contribution >= 4 is 5.84 Å². The van der Waals surface area contributed by atoms with Crippen molar-refractivity contribution in [2.24, 2.45) is 10.9 Å². The SMILES string of the molecule is CCCCOCCOCCOCCN(C)CC(N)=NO. The second-order valence-corrected chi connectivity index (χ2v) is 4.52. The van der Waals surface area contributed by atoms with Crippen LogP contribution in [0.4, 0.5) is 0 Å². The van der Waals surface area contributed by atoms with Gasteiger partial charge in [-0.15, -0.1) is 0 Å². The van der Waals surface area contributed by atoms with Crippen LogP contribution in [0.3, 0.4) is 0 Å². The van der Waals surface area contributed by atoms with Crippen LogP contribution in [0.2, 0.25) is 0 Å². The molecule has 0 saturated heterocycles. The number of ether oxygens (including phenoxy) is 3. The van der Waals surface area contributed by atoms with Crippen LogP contribution < -0.4 is 5.73 Å². The van der Waals surface area contributed by atoms with Crippen molar-refractivity contribution in [3.8, 4) is 0 Å². The normalized spacial score (nSPS) is 12.2. The quantitative estimate of drug-likeness (QED) is 0.159. The summed E-state index contributed by atoms with van der Waals surface area (Å²) < 4.78 is 16.1. The van der Waals surface area contributed by atoms with Crippen molar-refractivity contribution in [3.05, 3.63) is 0 Å². The molecule has 0 rings (SSSR count). The Labute approximate surface area is 121 Å². The van der Waals surface area contributed by atoms with E-state index >= 15 is 0 Å². The Morgan fingerprint density at radius 1 is 1.05 bits per heavy atom. The molecule has 0 atom stereocenters. The number of amidine groups is 1. The largest absolute Gasteiger partial charge is 0.409 e. The van der Waals surface area contributed by atoms with Gasteiger partial charge in [-0.2, -0.15) is 0 Å². The lowest BCUT2D eigenvalue weighted by Gasteiger charge is -2.15. The maximum Gasteiger partial charge on any atom is 0.153 e. The summed E-state index contributed by atoms with van der Waals surface area (Å²) in [4.78, 5) is 1.91. The number of nitrogens with zero attached hydrogens (tertiary/aromatic N) is 2. The molecular formula is C13H29N3O4. The molecule has 7 heteroatoms. The molecule has 0 aliphatic carbocycles. The predicted octanol–water partition coefficient (Wildman–Crippen LogP) is 0.515. The van der Waals surface area contributed by atoms with Crippen molar-refractivity contribution in [1.29, 1.82) is 0 Å². The maximum atomic E-state index is 8.42. The molecule has 0 unspecified atom stereocenters. The van der Waals surface area contributed by atoms with Crippen molar-refractivity contribution < 1.29 is 19.4 Å². The van der Waals surface area contributed by atoms with Crippen LogP contribution in [0.25, 0.3) is 0 Å². The van der Waals surface area contributed by atoms with E-state index in [-0.39, 0.29) is 5.84 Å². The summed E-state index contributed by atoms with van der Waals surface area (Å²) in [6.45, 7) is 7.06. The van der Waals surface area contributed by atoms with Gasteiger partial charge in [0.1, 0.15) is 0 Å². The van der Waals surface area contributed by atoms with Gasteiger partial charge in [0, 0.05) is 13.2 Å². The fourth-order valence-corrected chi connectivity index (χ4v) is 1.40. The molecular weight excluding hydrogens is 262 g/mol. The van der Waals surface area contributed by atoms with Crippen LogP contribution in [0, 0.1) is 0 Å². The summed E-state index contributed by atoms with van der Waals surface area (Å²) in [6.07, 6.45) is 2.25. The number of nitrogens with two attached hydrogens (primary N) is 1. The third kappa shape index (κ3) is 13.5. The molecule has 0 aromatic carbocycles. The lowest BCUT2D eigenvalue weighted by Crippen LogP contribution is -2.33. The highest BCUT2D eigenvalue weighted by molar-refractivity contribution is 5.81. The van der Waals surface area contributed by atoms with Gasteiger partial charge in [-0.3, -0.25) is 4.90 Å². The lowest BCUT2D eigenvalue weighted by atomic mass is 10.4. The molecule has 0 heterocycles. The Morgan fingerprint density at radius 3 is 2.15 bits per heavy atom. The van der Waals surface area contributed by atoms with Crippen LogP contribution in [-0.4, -0.2) is 75.7 Å². The highest BCUT2D eigenvalue weighted by Crippen LogP contribution is 1.88. The van der Waals surface area contributed by atoms with Crippen molar-refractivity contribution in [2.75, 3.05) is 59.8 Å². The van der Waals surface area contributed by atoms with Gasteiger partial charge in [0.05, 0.1) is 39.6 Å². The summed E-state index contributed by atoms with van der Waals surface area (Å²) >= 11 is 0. The number of hydrogen-bond acceptors (Lipinski definition) is 6. The van der Waals surface area contributed by atoms with Gasteiger partial charge in [0.2, 0.25) is 0 Å². The summed E-state index contributed by atoms with van der Waals surface area (Å²) in [7, 11) is 1.88. The number of rotatable bonds is 14. The molecule has 120 valence electrons. The lowest BCUT2D eigenvalue weighted by molar-refractivity contribution is 0.0116. The molecule has 0 aromatic heterocycles. The van der Waals surface area contributed by atoms with E-state index in [9.17, 15) is 0 Å². The third-order valence-electron chi connectivity index (χ3n) is 2.56. The minimum atomic E-state index is 0.193. The fourth-order valence-electron chi connectivity index (χ4n) is 1.40. The number of unbranched alkanes of at least 4 members (excludes halogenated alkanes) is 1. The Kier molecular flexibility index (Phi) is 13.9. The zero-order valence-corrected chi connectivity index (χ0v) is 12.7. The van der Waals surface area contributed by atoms with Crippen LogP contribution >= 0.6 is 0 Å². The number of oxime groups is 1. The molecule has 0 saturated carbocycles. The van der Waals surface area contributed by atoms with Crippen LogP contribution in [0.1, 0.15) is 19.8 Å². The van der Waals surface area contributed by atoms with E-state index in [4.69, 9.17) is 25.2 Å². The highest BCUT2D eigenvalue weighted by Gasteiger charge is 2.01. The van der Waals surface area contributed by atoms with Gasteiger partial charge < -0.3 is 25.2 Å². The molecule has 7 nitrogen and oxygen atoms in total. The van der Waals surface area contributed by atoms with Gasteiger partial charge in [0.25, 0.3) is 0 Å². The van der Waals surface area contributed by atoms with E-state index in [1.54, 1.807) is 0 Å². The number of hydrogen-bond donors (Lipinski definition) is 2. The fraction of sp³-hybridized carbons (Fsp3) is 0.923. The Bertz CT molecular complexity index is 240. The first-order valence-corrected chi connectivity index (χ1v) is 7.08. The Morgan fingerprint density at radius 2 is 1.60 bits per heavy atom. The molecule has 0 fully saturated rings. The molecule has 0 amide bonds. The molecule has 0 radical (unpaired) electrons. The molecule has 0 spiro atoms. The van der Waals surface area contributed by atoms with Gasteiger partial charge in [-0.1, -0.05) is 18.5 Å². The molecule has 0 aromatic rings. The zero-order chi connectivity index (χ0) is 15.1. The van der Waals surface area contributed by atoms with Gasteiger partial charge in [-0.05, 0) is 13.5 Å². The second kappa shape index (κ2) is 14.5. The van der Waals surface area contributed by atoms with Crippen LogP contribution in [-0.2, 0) is 14.2 Å². The minimum Gasteiger partial charge on any atom is -0.409 e. The topological polar surface area (TPSA) is 89.5 Å². The Balaban J connectivity index is 3.16. The van der Waals surface area contributed by atoms with Crippen LogP contribution in [0.15, 0.2) is 5.16 Å². The Hall–Kier alpha value is -0.890. The minimum absolute atomic E-state index is 0.193. The van der Waals surface area contributed by atoms with E-state index in [2.05, 4.69) is 12.1 Å². The maximum absolute atomic E-state index is 8.42. The first-order chi connectivity index (χ1) is 9.70. The van der Waals surface area contributed by atoms with E-state index in [0.717, 1.165) is 26.0 Å². The zero-order valence-electron chi connectivity index (χ0n) is 12.7. The van der Waals surface area contributed by atoms with Crippen LogP contribution in [0.5, 0.6) is 0 Å². The van der Waals surface area contributed by atoms with E-state index < -0.39 is 0 Å². The summed E-state index contributed by atoms with van der Waals surface area (Å²) in [5.74, 6) is 0.193. The van der Waals surface area contributed by atoms with Gasteiger partial charge in [0.15, 0.2) is 5.84 Å². The van der Waals surface area contributed by atoms with Crippen molar-refractivity contribution in [3.63, 3.8) is 0 Å². The summed E-state index contributed by atoms with van der Waals surface area (Å²) in [6, 6.07) is 0. The highest BCUT2D eigenvalue weighted by atomic mass is 16.5. The molecule has 0 aliphatic rings. The van der Waals surface area contributed by atoms with Crippen molar-refractivity contribution in [1.82, 2.24) is 4.90 Å². The standard InChI is InChI=1S/C13H29N3O4/c1-3-4-6-18-8-10-20-11-9-19-7-5-16(2)12-13(14)15-17/h17H,3-12H2,1-2H3,(H2,14,15). The second-order valence-electron chi connectivity index (χ2n) is 4.52. The average Bonchev–Trinajstić information content (AvgIpc) is 2.44. The number of likely N-dealkylation sites (N-methyl/N-ethyl adjacent to an activating group) is 1. The predicted molar refractivity (Wildman–Crippen MR) is 78.3 cm³/mol. The molecule has 0 bridgehead atoms. The van der Waals surface area contributed by atoms with E-state index in [1.807, 2.05) is 11.9 Å². The first kappa shape index (κ1) is 19.1. The van der Waals surface area contributed by atoms with E-state index in [0.29, 0.717) is 39.6 Å². The average molecular weight is 291 g/mol.